The summed E-state index contributed by atoms with van der Waals surface area (Å²) in [6.07, 6.45) is 1.81. The van der Waals surface area contributed by atoms with Crippen LogP contribution in [0.5, 0.6) is 0 Å². The van der Waals surface area contributed by atoms with E-state index in [1.165, 1.54) is 4.90 Å². The van der Waals surface area contributed by atoms with Crippen molar-refractivity contribution in [2.45, 2.75) is 6.54 Å². The molecule has 4 nitrogen and oxygen atoms in total. The predicted octanol–water partition coefficient (Wildman–Crippen LogP) is 1.65. The zero-order valence-electron chi connectivity index (χ0n) is 11.3. The molecule has 0 N–H and O–H groups in total. The Morgan fingerprint density at radius 3 is 2.47 bits per heavy atom. The average molecular weight is 275 g/mol. The zero-order chi connectivity index (χ0) is 14.0. The van der Waals surface area contributed by atoms with Gasteiger partial charge in [-0.2, -0.15) is 0 Å². The summed E-state index contributed by atoms with van der Waals surface area (Å²) in [4.78, 5) is 17.4. The number of hydrogen-bond donors (Lipinski definition) is 0. The van der Waals surface area contributed by atoms with E-state index in [9.17, 15) is 4.79 Å². The molecule has 1 heterocycles. The molecule has 1 aromatic rings. The Morgan fingerprint density at radius 2 is 1.89 bits per heavy atom. The molecule has 1 aliphatic heterocycles. The number of amides is 1. The van der Waals surface area contributed by atoms with Gasteiger partial charge in [-0.05, 0) is 17.8 Å². The predicted molar refractivity (Wildman–Crippen MR) is 79.1 cm³/mol. The van der Waals surface area contributed by atoms with E-state index in [4.69, 9.17) is 12.2 Å². The van der Waals surface area contributed by atoms with Crippen molar-refractivity contribution in [2.24, 2.45) is 0 Å². The Bertz CT molecular complexity index is 525. The maximum absolute atomic E-state index is 12.2. The quantitative estimate of drug-likeness (QED) is 0.619. The zero-order valence-corrected chi connectivity index (χ0v) is 12.1. The smallest absolute Gasteiger partial charge is 0.277 e. The van der Waals surface area contributed by atoms with Crippen LogP contribution in [0.25, 0.3) is 0 Å². The third-order valence-corrected chi connectivity index (χ3v) is 3.39. The van der Waals surface area contributed by atoms with Gasteiger partial charge in [-0.15, -0.1) is 0 Å². The Morgan fingerprint density at radius 1 is 1.26 bits per heavy atom. The monoisotopic (exact) mass is 275 g/mol. The SMILES string of the molecule is CN(C)C=C1C(=O)N(C)C(=S)N1Cc1ccccc1. The molecule has 5 heteroatoms. The molecule has 0 atom stereocenters. The average Bonchev–Trinajstić information content (AvgIpc) is 2.57. The Kier molecular flexibility index (Phi) is 3.85. The van der Waals surface area contributed by atoms with Crippen LogP contribution >= 0.6 is 12.2 Å². The largest absolute Gasteiger partial charge is 0.382 e. The molecule has 1 aliphatic rings. The highest BCUT2D eigenvalue weighted by Gasteiger charge is 2.35. The van der Waals surface area contributed by atoms with Crippen LogP contribution in [0.1, 0.15) is 5.56 Å². The summed E-state index contributed by atoms with van der Waals surface area (Å²) in [6, 6.07) is 9.99. The molecule has 0 saturated carbocycles. The first-order chi connectivity index (χ1) is 9.00. The topological polar surface area (TPSA) is 26.8 Å². The lowest BCUT2D eigenvalue weighted by Crippen LogP contribution is -2.29. The van der Waals surface area contributed by atoms with Crippen molar-refractivity contribution >= 4 is 23.2 Å². The molecule has 0 unspecified atom stereocenters. The standard InChI is InChI=1S/C14H17N3OS/c1-15(2)10-12-13(18)16(3)14(19)17(12)9-11-7-5-4-6-8-11/h4-8,10H,9H2,1-3H3. The molecule has 2 rings (SSSR count). The number of thiocarbonyl (C=S) groups is 1. The van der Waals surface area contributed by atoms with Gasteiger partial charge >= 0.3 is 0 Å². The summed E-state index contributed by atoms with van der Waals surface area (Å²) in [5, 5.41) is 0.543. The Hall–Kier alpha value is -1.88. The minimum Gasteiger partial charge on any atom is -0.382 e. The molecule has 0 aromatic heterocycles. The fourth-order valence-electron chi connectivity index (χ4n) is 1.95. The van der Waals surface area contributed by atoms with Crippen molar-refractivity contribution in [2.75, 3.05) is 21.1 Å². The second-order valence-corrected chi connectivity index (χ2v) is 5.06. The molecular weight excluding hydrogens is 258 g/mol. The molecule has 1 amide bonds. The van der Waals surface area contributed by atoms with Crippen LogP contribution < -0.4 is 0 Å². The molecule has 0 bridgehead atoms. The van der Waals surface area contributed by atoms with Gasteiger partial charge in [-0.1, -0.05) is 30.3 Å². The Balaban J connectivity index is 2.30. The number of rotatable bonds is 3. The highest BCUT2D eigenvalue weighted by Crippen LogP contribution is 2.22. The lowest BCUT2D eigenvalue weighted by molar-refractivity contribution is -0.121. The Labute approximate surface area is 118 Å². The van der Waals surface area contributed by atoms with Crippen molar-refractivity contribution in [3.8, 4) is 0 Å². The van der Waals surface area contributed by atoms with Crippen molar-refractivity contribution in [1.29, 1.82) is 0 Å². The van der Waals surface area contributed by atoms with Gasteiger partial charge < -0.3 is 9.80 Å². The van der Waals surface area contributed by atoms with Crippen molar-refractivity contribution in [3.05, 3.63) is 47.8 Å². The van der Waals surface area contributed by atoms with E-state index in [0.717, 1.165) is 5.56 Å². The third-order valence-electron chi connectivity index (χ3n) is 2.90. The van der Waals surface area contributed by atoms with Gasteiger partial charge in [0.2, 0.25) is 0 Å². The van der Waals surface area contributed by atoms with Crippen LogP contribution in [-0.2, 0) is 11.3 Å². The van der Waals surface area contributed by atoms with E-state index in [0.29, 0.717) is 17.4 Å². The minimum absolute atomic E-state index is 0.0605. The van der Waals surface area contributed by atoms with Crippen LogP contribution in [0.15, 0.2) is 42.2 Å². The molecule has 100 valence electrons. The van der Waals surface area contributed by atoms with Crippen molar-refractivity contribution in [1.82, 2.24) is 14.7 Å². The van der Waals surface area contributed by atoms with E-state index in [1.807, 2.05) is 54.2 Å². The summed E-state index contributed by atoms with van der Waals surface area (Å²) in [5.41, 5.74) is 1.74. The molecule has 0 spiro atoms. The van der Waals surface area contributed by atoms with Crippen LogP contribution in [0.2, 0.25) is 0 Å². The first-order valence-electron chi connectivity index (χ1n) is 6.02. The van der Waals surface area contributed by atoms with E-state index in [2.05, 4.69) is 0 Å². The van der Waals surface area contributed by atoms with Gasteiger partial charge in [0.05, 0.1) is 6.54 Å². The normalized spacial score (nSPS) is 17.5. The summed E-state index contributed by atoms with van der Waals surface area (Å²) in [6.45, 7) is 0.607. The maximum atomic E-state index is 12.2. The third kappa shape index (κ3) is 2.76. The van der Waals surface area contributed by atoms with Crippen LogP contribution in [0, 0.1) is 0 Å². The molecule has 1 fully saturated rings. The second kappa shape index (κ2) is 5.40. The number of nitrogens with zero attached hydrogens (tertiary/aromatic N) is 3. The molecular formula is C14H17N3OS. The van der Waals surface area contributed by atoms with Crippen LogP contribution in [0.4, 0.5) is 0 Å². The lowest BCUT2D eigenvalue weighted by atomic mass is 10.2. The molecule has 1 saturated heterocycles. The maximum Gasteiger partial charge on any atom is 0.277 e. The van der Waals surface area contributed by atoms with Crippen molar-refractivity contribution in [3.63, 3.8) is 0 Å². The fraction of sp³-hybridized carbons (Fsp3) is 0.286. The van der Waals surface area contributed by atoms with Gasteiger partial charge in [0, 0.05) is 27.3 Å². The number of carbonyl (C=O) groups excluding carboxylic acids is 1. The van der Waals surface area contributed by atoms with E-state index < -0.39 is 0 Å². The summed E-state index contributed by atoms with van der Waals surface area (Å²) < 4.78 is 0. The number of carbonyl (C=O) groups is 1. The summed E-state index contributed by atoms with van der Waals surface area (Å²) >= 11 is 5.34. The summed E-state index contributed by atoms with van der Waals surface area (Å²) in [5.74, 6) is -0.0605. The van der Waals surface area contributed by atoms with E-state index in [-0.39, 0.29) is 5.91 Å². The number of likely N-dealkylation sites (N-methyl/N-ethyl adjacent to an activating group) is 1. The van der Waals surface area contributed by atoms with Crippen LogP contribution in [0.3, 0.4) is 0 Å². The van der Waals surface area contributed by atoms with Gasteiger partial charge in [-0.3, -0.25) is 9.69 Å². The molecule has 19 heavy (non-hydrogen) atoms. The summed E-state index contributed by atoms with van der Waals surface area (Å²) in [7, 11) is 5.49. The first-order valence-corrected chi connectivity index (χ1v) is 6.43. The number of benzene rings is 1. The second-order valence-electron chi connectivity index (χ2n) is 4.70. The number of hydrogen-bond acceptors (Lipinski definition) is 3. The molecule has 0 radical (unpaired) electrons. The van der Waals surface area contributed by atoms with Gasteiger partial charge in [0.25, 0.3) is 5.91 Å². The lowest BCUT2D eigenvalue weighted by Gasteiger charge is -2.19. The van der Waals surface area contributed by atoms with Gasteiger partial charge in [0.15, 0.2) is 5.11 Å². The van der Waals surface area contributed by atoms with Crippen LogP contribution in [-0.4, -0.2) is 46.9 Å². The van der Waals surface area contributed by atoms with E-state index >= 15 is 0 Å². The molecule has 0 aliphatic carbocycles. The van der Waals surface area contributed by atoms with Crippen molar-refractivity contribution < 1.29 is 4.79 Å². The molecule has 1 aromatic carbocycles. The fourth-order valence-corrected chi connectivity index (χ4v) is 2.19. The van der Waals surface area contributed by atoms with E-state index in [1.54, 1.807) is 13.2 Å². The highest BCUT2D eigenvalue weighted by atomic mass is 32.1. The van der Waals surface area contributed by atoms with Gasteiger partial charge in [0.1, 0.15) is 5.70 Å². The highest BCUT2D eigenvalue weighted by molar-refractivity contribution is 7.80. The minimum atomic E-state index is -0.0605. The van der Waals surface area contributed by atoms with Gasteiger partial charge in [-0.25, -0.2) is 0 Å². The first kappa shape index (κ1) is 13.5.